The number of hydrogen-bond acceptors (Lipinski definition) is 6. The van der Waals surface area contributed by atoms with E-state index in [1.807, 2.05) is 0 Å². The van der Waals surface area contributed by atoms with Gasteiger partial charge in [0.1, 0.15) is 12.1 Å². The highest BCUT2D eigenvalue weighted by atomic mass is 79.9. The van der Waals surface area contributed by atoms with Crippen molar-refractivity contribution in [2.24, 2.45) is 23.7 Å². The number of rotatable bonds is 6. The molecular weight excluding hydrogens is 622 g/mol. The average Bonchev–Trinajstić information content (AvgIpc) is 3.47. The number of ketones is 1. The van der Waals surface area contributed by atoms with Gasteiger partial charge in [-0.15, -0.1) is 0 Å². The molecule has 6 atom stereocenters. The Labute approximate surface area is 227 Å². The van der Waals surface area contributed by atoms with Crippen molar-refractivity contribution in [3.8, 4) is 0 Å². The van der Waals surface area contributed by atoms with Gasteiger partial charge >= 0.3 is 0 Å². The van der Waals surface area contributed by atoms with Crippen molar-refractivity contribution in [1.82, 2.24) is 10.0 Å². The molecule has 0 spiro atoms. The van der Waals surface area contributed by atoms with Gasteiger partial charge in [0.2, 0.25) is 0 Å². The molecule has 2 aromatic rings. The number of nitro groups is 1. The number of carbonyl (C=O) groups excluding carboxylic acids is 4. The molecule has 2 aliphatic carbocycles. The molecule has 0 N–H and O–H groups in total. The Morgan fingerprint density at radius 3 is 2.11 bits per heavy atom. The lowest BCUT2D eigenvalue weighted by atomic mass is 9.81. The Bertz CT molecular complexity index is 1270. The van der Waals surface area contributed by atoms with Gasteiger partial charge in [0.15, 0.2) is 5.78 Å². The first-order chi connectivity index (χ1) is 17.1. The molecule has 3 fully saturated rings. The minimum absolute atomic E-state index is 0.0180. The van der Waals surface area contributed by atoms with Crippen molar-refractivity contribution in [1.29, 1.82) is 0 Å². The second kappa shape index (κ2) is 9.35. The molecule has 5 rings (SSSR count). The molecule has 1 heterocycles. The van der Waals surface area contributed by atoms with Crippen LogP contribution in [0.25, 0.3) is 0 Å². The molecule has 0 radical (unpaired) electrons. The van der Waals surface area contributed by atoms with Gasteiger partial charge < -0.3 is 0 Å². The molecular formula is C24H18Br2ClN3O6. The van der Waals surface area contributed by atoms with E-state index in [0.717, 1.165) is 16.1 Å². The van der Waals surface area contributed by atoms with Crippen LogP contribution in [0.3, 0.4) is 0 Å². The molecule has 186 valence electrons. The minimum Gasteiger partial charge on any atom is -0.292 e. The van der Waals surface area contributed by atoms with E-state index in [1.165, 1.54) is 42.5 Å². The summed E-state index contributed by atoms with van der Waals surface area (Å²) in [7, 11) is 0. The number of benzene rings is 2. The van der Waals surface area contributed by atoms with Gasteiger partial charge in [0.05, 0.1) is 16.8 Å². The third-order valence-corrected chi connectivity index (χ3v) is 10.7. The van der Waals surface area contributed by atoms with Crippen LogP contribution in [0.15, 0.2) is 48.5 Å². The Morgan fingerprint density at radius 2 is 1.56 bits per heavy atom. The topological polar surface area (TPSA) is 118 Å². The molecule has 9 nitrogen and oxygen atoms in total. The molecule has 1 aliphatic heterocycles. The first-order valence-electron chi connectivity index (χ1n) is 11.1. The summed E-state index contributed by atoms with van der Waals surface area (Å²) < 4.78 is 0. The van der Waals surface area contributed by atoms with Crippen LogP contribution in [0.1, 0.15) is 27.1 Å². The standard InChI is InChI=1S/C24H18Br2ClN3O6/c25-20-14-9-15(21(20)26)19-18(14)23(33)29(24(19)34)28(10-17(31)11-5-7-12(27)8-6-11)22(32)13-3-1-2-4-16(13)30(35)36/h1-8,14-15,18-21H,9-10H2/t14-,15-,18-,19-,20-,21+/m1/s1. The average molecular weight is 640 g/mol. The highest BCUT2D eigenvalue weighted by Crippen LogP contribution is 2.60. The summed E-state index contributed by atoms with van der Waals surface area (Å²) in [6.07, 6.45) is 0.689. The number of halogens is 3. The Morgan fingerprint density at radius 1 is 1.00 bits per heavy atom. The molecule has 1 saturated heterocycles. The smallest absolute Gasteiger partial charge is 0.282 e. The van der Waals surface area contributed by atoms with Crippen LogP contribution < -0.4 is 0 Å². The van der Waals surface area contributed by atoms with Crippen LogP contribution in [0.2, 0.25) is 5.02 Å². The van der Waals surface area contributed by atoms with Crippen LogP contribution >= 0.6 is 43.5 Å². The van der Waals surface area contributed by atoms with Gasteiger partial charge in [0.25, 0.3) is 23.4 Å². The SMILES string of the molecule is O=C(CN(C(=O)c1ccccc1[N+](=O)[O-])N1C(=O)[C@@H]2[C@H]3C[C@@H]([C@@H](Br)[C@H]3Br)[C@H]2C1=O)c1ccc(Cl)cc1. The monoisotopic (exact) mass is 637 g/mol. The summed E-state index contributed by atoms with van der Waals surface area (Å²) in [5.41, 5.74) is -0.615. The van der Waals surface area contributed by atoms with Crippen LogP contribution in [-0.2, 0) is 9.59 Å². The van der Waals surface area contributed by atoms with Gasteiger partial charge in [-0.05, 0) is 48.6 Å². The predicted molar refractivity (Wildman–Crippen MR) is 136 cm³/mol. The number of amides is 3. The fourth-order valence-electron chi connectivity index (χ4n) is 5.62. The van der Waals surface area contributed by atoms with Gasteiger partial charge in [0, 0.05) is 26.3 Å². The van der Waals surface area contributed by atoms with Crippen molar-refractivity contribution >= 4 is 72.7 Å². The van der Waals surface area contributed by atoms with Crippen molar-refractivity contribution in [2.75, 3.05) is 6.54 Å². The quantitative estimate of drug-likeness (QED) is 0.153. The Hall–Kier alpha value is -2.63. The van der Waals surface area contributed by atoms with Gasteiger partial charge in [-0.25, -0.2) is 5.01 Å². The minimum atomic E-state index is -0.982. The molecule has 2 saturated carbocycles. The number of Topliss-reactive ketones (excluding diaryl/α,β-unsaturated/α-hetero) is 1. The van der Waals surface area contributed by atoms with E-state index in [1.54, 1.807) is 0 Å². The van der Waals surface area contributed by atoms with Gasteiger partial charge in [-0.2, -0.15) is 5.01 Å². The molecule has 3 aliphatic rings. The fraction of sp³-hybridized carbons (Fsp3) is 0.333. The number of imide groups is 1. The lowest BCUT2D eigenvalue weighted by Crippen LogP contribution is -2.52. The molecule has 2 aromatic carbocycles. The van der Waals surface area contributed by atoms with E-state index in [-0.39, 0.29) is 32.6 Å². The molecule has 0 unspecified atom stereocenters. The molecule has 36 heavy (non-hydrogen) atoms. The van der Waals surface area contributed by atoms with E-state index < -0.39 is 52.5 Å². The summed E-state index contributed by atoms with van der Waals surface area (Å²) in [6, 6.07) is 11.2. The second-order valence-corrected chi connectivity index (χ2v) is 11.6. The zero-order valence-electron chi connectivity index (χ0n) is 18.4. The van der Waals surface area contributed by atoms with E-state index in [2.05, 4.69) is 31.9 Å². The summed E-state index contributed by atoms with van der Waals surface area (Å²) in [4.78, 5) is 64.9. The summed E-state index contributed by atoms with van der Waals surface area (Å²) in [6.45, 7) is -0.658. The third-order valence-electron chi connectivity index (χ3n) is 7.23. The highest BCUT2D eigenvalue weighted by Gasteiger charge is 2.67. The number of nitrogens with zero attached hydrogens (tertiary/aromatic N) is 3. The summed E-state index contributed by atoms with van der Waals surface area (Å²) in [5.74, 6) is -4.17. The first-order valence-corrected chi connectivity index (χ1v) is 13.3. The zero-order valence-corrected chi connectivity index (χ0v) is 22.4. The predicted octanol–water partition coefficient (Wildman–Crippen LogP) is 4.27. The maximum absolute atomic E-state index is 13.7. The van der Waals surface area contributed by atoms with Gasteiger partial charge in [-0.1, -0.05) is 55.6 Å². The van der Waals surface area contributed by atoms with Crippen LogP contribution in [0.4, 0.5) is 5.69 Å². The number of carbonyl (C=O) groups is 4. The number of hydrazine groups is 1. The lowest BCUT2D eigenvalue weighted by molar-refractivity contribution is -0.385. The van der Waals surface area contributed by atoms with Crippen LogP contribution in [0, 0.1) is 33.8 Å². The van der Waals surface area contributed by atoms with E-state index >= 15 is 0 Å². The third kappa shape index (κ3) is 3.88. The highest BCUT2D eigenvalue weighted by molar-refractivity contribution is 9.12. The first kappa shape index (κ1) is 25.0. The largest absolute Gasteiger partial charge is 0.292 e. The lowest BCUT2D eigenvalue weighted by Gasteiger charge is -2.30. The maximum atomic E-state index is 13.7. The van der Waals surface area contributed by atoms with E-state index in [9.17, 15) is 29.3 Å². The van der Waals surface area contributed by atoms with Crippen molar-refractivity contribution < 1.29 is 24.1 Å². The van der Waals surface area contributed by atoms with Crippen molar-refractivity contribution in [3.05, 3.63) is 74.8 Å². The number of hydrogen-bond donors (Lipinski definition) is 0. The van der Waals surface area contributed by atoms with Crippen molar-refractivity contribution in [2.45, 2.75) is 16.1 Å². The molecule has 2 bridgehead atoms. The number of nitro benzene ring substituents is 1. The summed E-state index contributed by atoms with van der Waals surface area (Å²) >= 11 is 13.1. The molecule has 12 heteroatoms. The van der Waals surface area contributed by atoms with Crippen LogP contribution in [-0.4, -0.2) is 54.6 Å². The molecule has 0 aromatic heterocycles. The van der Waals surface area contributed by atoms with Crippen LogP contribution in [0.5, 0.6) is 0 Å². The number of fused-ring (bicyclic) bond motifs is 5. The van der Waals surface area contributed by atoms with E-state index in [0.29, 0.717) is 11.4 Å². The normalized spacial score (nSPS) is 28.4. The maximum Gasteiger partial charge on any atom is 0.282 e. The Balaban J connectivity index is 1.55. The van der Waals surface area contributed by atoms with Gasteiger partial charge in [-0.3, -0.25) is 29.3 Å². The molecule has 3 amide bonds. The zero-order chi connectivity index (χ0) is 25.9. The number of para-hydroxylation sites is 1. The number of alkyl halides is 2. The second-order valence-electron chi connectivity index (χ2n) is 9.06. The van der Waals surface area contributed by atoms with Crippen molar-refractivity contribution in [3.63, 3.8) is 0 Å². The fourth-order valence-corrected chi connectivity index (χ4v) is 7.62. The Kier molecular flexibility index (Phi) is 6.50. The summed E-state index contributed by atoms with van der Waals surface area (Å²) in [5, 5.41) is 13.5. The van der Waals surface area contributed by atoms with E-state index in [4.69, 9.17) is 11.6 Å².